The van der Waals surface area contributed by atoms with Crippen LogP contribution in [0.1, 0.15) is 20.3 Å². The lowest BCUT2D eigenvalue weighted by Crippen LogP contribution is -2.24. The number of nitrogens with zero attached hydrogens (tertiary/aromatic N) is 2. The lowest BCUT2D eigenvalue weighted by molar-refractivity contribution is 0.174. The van der Waals surface area contributed by atoms with Gasteiger partial charge < -0.3 is 25.1 Å². The molecule has 0 saturated heterocycles. The molecule has 0 amide bonds. The van der Waals surface area contributed by atoms with Gasteiger partial charge in [0.15, 0.2) is 16.7 Å². The molecule has 3 aromatic rings. The summed E-state index contributed by atoms with van der Waals surface area (Å²) in [5.74, 6) is 1.58. The minimum Gasteiger partial charge on any atom is -0.454 e. The number of nitrogen functional groups attached to an aromatic ring is 1. The van der Waals surface area contributed by atoms with Crippen LogP contribution in [0, 0.1) is 3.57 Å². The number of aromatic nitrogens is 2. The number of rotatable bonds is 7. The summed E-state index contributed by atoms with van der Waals surface area (Å²) in [7, 11) is 0. The lowest BCUT2D eigenvalue weighted by atomic mass is 10.2. The Morgan fingerprint density at radius 3 is 2.86 bits per heavy atom. The van der Waals surface area contributed by atoms with E-state index in [1.807, 2.05) is 24.3 Å². The van der Waals surface area contributed by atoms with Crippen molar-refractivity contribution in [2.75, 3.05) is 19.1 Å². The van der Waals surface area contributed by atoms with E-state index in [0.29, 0.717) is 11.7 Å². The highest BCUT2D eigenvalue weighted by Crippen LogP contribution is 2.41. The van der Waals surface area contributed by atoms with Gasteiger partial charge in [0.25, 0.3) is 0 Å². The monoisotopic (exact) mass is 510 g/mol. The highest BCUT2D eigenvalue weighted by atomic mass is 127. The van der Waals surface area contributed by atoms with Crippen LogP contribution in [0.3, 0.4) is 0 Å². The van der Waals surface area contributed by atoms with E-state index >= 15 is 0 Å². The van der Waals surface area contributed by atoms with Crippen LogP contribution in [0.4, 0.5) is 5.69 Å². The second-order valence-corrected chi connectivity index (χ2v) is 9.13. The summed E-state index contributed by atoms with van der Waals surface area (Å²) in [5.41, 5.74) is 8.83. The normalized spacial score (nSPS) is 13.0. The van der Waals surface area contributed by atoms with Gasteiger partial charge in [-0.15, -0.1) is 0 Å². The number of nitrogens with two attached hydrogens (primary N) is 1. The topological polar surface area (TPSA) is 74.3 Å². The van der Waals surface area contributed by atoms with Crippen molar-refractivity contribution in [3.05, 3.63) is 33.9 Å². The summed E-state index contributed by atoms with van der Waals surface area (Å²) in [5, 5.41) is 4.42. The van der Waals surface area contributed by atoms with Crippen LogP contribution in [0.5, 0.6) is 11.5 Å². The lowest BCUT2D eigenvalue weighted by Gasteiger charge is -2.12. The fourth-order valence-corrected chi connectivity index (χ4v) is 4.87. The number of benzene rings is 2. The molecule has 6 nitrogen and oxygen atoms in total. The maximum Gasteiger partial charge on any atom is 0.231 e. The number of hydrogen-bond acceptors (Lipinski definition) is 6. The van der Waals surface area contributed by atoms with Crippen LogP contribution in [0.2, 0.25) is 0 Å². The van der Waals surface area contributed by atoms with Crippen molar-refractivity contribution in [1.82, 2.24) is 14.9 Å². The van der Waals surface area contributed by atoms with Crippen LogP contribution >= 0.6 is 34.4 Å². The summed E-state index contributed by atoms with van der Waals surface area (Å²) in [4.78, 5) is 5.96. The fraction of sp³-hybridized carbons (Fsp3) is 0.350. The van der Waals surface area contributed by atoms with Gasteiger partial charge in [0.1, 0.15) is 5.52 Å². The number of fused-ring (bicyclic) bond motifs is 2. The molecule has 0 spiro atoms. The Hall–Kier alpha value is -1.65. The maximum absolute atomic E-state index is 6.19. The van der Waals surface area contributed by atoms with E-state index in [0.717, 1.165) is 55.7 Å². The van der Waals surface area contributed by atoms with Crippen LogP contribution < -0.4 is 20.5 Å². The fourth-order valence-electron chi connectivity index (χ4n) is 3.14. The molecule has 2 heterocycles. The third kappa shape index (κ3) is 4.04. The zero-order valence-corrected chi connectivity index (χ0v) is 18.8. The predicted molar refractivity (Wildman–Crippen MR) is 121 cm³/mol. The summed E-state index contributed by atoms with van der Waals surface area (Å²) < 4.78 is 14.4. The Bertz CT molecular complexity index is 1010. The van der Waals surface area contributed by atoms with Crippen LogP contribution in [-0.4, -0.2) is 28.9 Å². The number of hydrogen-bond donors (Lipinski definition) is 2. The van der Waals surface area contributed by atoms with Crippen molar-refractivity contribution < 1.29 is 9.47 Å². The SMILES string of the molecule is CC(C)NCCCn1c(Sc2cc3c(cc2I)OCO3)nc2c(N)cccc21. The summed E-state index contributed by atoms with van der Waals surface area (Å²) in [6.07, 6.45) is 1.02. The van der Waals surface area contributed by atoms with Gasteiger partial charge in [-0.05, 0) is 59.8 Å². The van der Waals surface area contributed by atoms with Gasteiger partial charge in [0.2, 0.25) is 6.79 Å². The van der Waals surface area contributed by atoms with Gasteiger partial charge in [0.05, 0.1) is 11.2 Å². The number of para-hydroxylation sites is 1. The third-order valence-corrected chi connectivity index (χ3v) is 6.82. The first-order chi connectivity index (χ1) is 13.5. The molecule has 0 saturated carbocycles. The number of nitrogens with one attached hydrogen (secondary N) is 1. The largest absolute Gasteiger partial charge is 0.454 e. The second-order valence-electron chi connectivity index (χ2n) is 6.96. The minimum absolute atomic E-state index is 0.275. The van der Waals surface area contributed by atoms with Gasteiger partial charge in [0, 0.05) is 21.1 Å². The molecule has 8 heteroatoms. The smallest absolute Gasteiger partial charge is 0.231 e. The Kier molecular flexibility index (Phi) is 5.88. The Labute approximate surface area is 182 Å². The summed E-state index contributed by atoms with van der Waals surface area (Å²) >= 11 is 3.97. The van der Waals surface area contributed by atoms with Gasteiger partial charge in [-0.25, -0.2) is 4.98 Å². The molecule has 148 valence electrons. The second kappa shape index (κ2) is 8.38. The minimum atomic E-state index is 0.275. The molecule has 0 unspecified atom stereocenters. The molecule has 0 bridgehead atoms. The molecule has 4 rings (SSSR count). The number of halogens is 1. The molecule has 28 heavy (non-hydrogen) atoms. The average Bonchev–Trinajstić information content (AvgIpc) is 3.24. The maximum atomic E-state index is 6.19. The molecule has 1 aliphatic rings. The van der Waals surface area contributed by atoms with Crippen LogP contribution in [-0.2, 0) is 6.54 Å². The van der Waals surface area contributed by atoms with E-state index in [4.69, 9.17) is 20.2 Å². The average molecular weight is 510 g/mol. The molecular weight excluding hydrogens is 487 g/mol. The van der Waals surface area contributed by atoms with E-state index in [9.17, 15) is 0 Å². The molecule has 0 atom stereocenters. The Morgan fingerprint density at radius 1 is 1.29 bits per heavy atom. The van der Waals surface area contributed by atoms with Crippen LogP contribution in [0.15, 0.2) is 40.4 Å². The van der Waals surface area contributed by atoms with Crippen molar-refractivity contribution in [3.8, 4) is 11.5 Å². The molecule has 3 N–H and O–H groups in total. The first-order valence-electron chi connectivity index (χ1n) is 9.28. The van der Waals surface area contributed by atoms with Crippen molar-refractivity contribution in [2.24, 2.45) is 0 Å². The van der Waals surface area contributed by atoms with E-state index in [2.05, 4.69) is 52.4 Å². The zero-order chi connectivity index (χ0) is 19.7. The van der Waals surface area contributed by atoms with Gasteiger partial charge in [-0.1, -0.05) is 31.7 Å². The molecule has 1 aliphatic heterocycles. The Balaban J connectivity index is 1.66. The van der Waals surface area contributed by atoms with Crippen molar-refractivity contribution >= 4 is 51.1 Å². The van der Waals surface area contributed by atoms with Crippen molar-refractivity contribution in [2.45, 2.75) is 42.9 Å². The zero-order valence-electron chi connectivity index (χ0n) is 15.9. The van der Waals surface area contributed by atoms with Gasteiger partial charge in [-0.2, -0.15) is 0 Å². The Morgan fingerprint density at radius 2 is 2.07 bits per heavy atom. The van der Waals surface area contributed by atoms with E-state index in [-0.39, 0.29) is 6.79 Å². The van der Waals surface area contributed by atoms with Crippen molar-refractivity contribution in [3.63, 3.8) is 0 Å². The van der Waals surface area contributed by atoms with E-state index < -0.39 is 0 Å². The molecular formula is C20H23IN4O2S. The van der Waals surface area contributed by atoms with Gasteiger partial charge >= 0.3 is 0 Å². The predicted octanol–water partition coefficient (Wildman–Crippen LogP) is 4.49. The number of anilines is 1. The first-order valence-corrected chi connectivity index (χ1v) is 11.2. The van der Waals surface area contributed by atoms with Crippen molar-refractivity contribution in [1.29, 1.82) is 0 Å². The summed E-state index contributed by atoms with van der Waals surface area (Å²) in [6.45, 7) is 6.44. The molecule has 2 aromatic carbocycles. The molecule has 0 aliphatic carbocycles. The first kappa shape index (κ1) is 19.7. The number of ether oxygens (including phenoxy) is 2. The highest BCUT2D eigenvalue weighted by Gasteiger charge is 2.20. The number of imidazole rings is 1. The van der Waals surface area contributed by atoms with Gasteiger partial charge in [-0.3, -0.25) is 0 Å². The summed E-state index contributed by atoms with van der Waals surface area (Å²) in [6, 6.07) is 10.5. The highest BCUT2D eigenvalue weighted by molar-refractivity contribution is 14.1. The molecule has 0 radical (unpaired) electrons. The van der Waals surface area contributed by atoms with Crippen LogP contribution in [0.25, 0.3) is 11.0 Å². The van der Waals surface area contributed by atoms with E-state index in [1.54, 1.807) is 11.8 Å². The third-order valence-electron chi connectivity index (χ3n) is 4.51. The molecule has 0 fully saturated rings. The standard InChI is InChI=1S/C20H23IN4O2S/c1-12(2)23-7-4-8-25-15-6-3-5-14(22)19(15)24-20(25)28-18-10-17-16(9-13(18)21)26-11-27-17/h3,5-6,9-10,12,23H,4,7-8,11,22H2,1-2H3. The number of aryl methyl sites for hydroxylation is 1. The van der Waals surface area contributed by atoms with E-state index in [1.165, 1.54) is 0 Å². The quantitative estimate of drug-likeness (QED) is 0.277. The molecule has 1 aromatic heterocycles.